The fraction of sp³-hybridized carbons (Fsp3) is 0.182. The first-order valence-electron chi connectivity index (χ1n) is 9.79. The molecule has 2 N–H and O–H groups in total. The van der Waals surface area contributed by atoms with Crippen molar-refractivity contribution in [2.24, 2.45) is 0 Å². The van der Waals surface area contributed by atoms with Gasteiger partial charge < -0.3 is 4.98 Å². The van der Waals surface area contributed by atoms with E-state index in [1.54, 1.807) is 13.8 Å². The second kappa shape index (κ2) is 8.67. The molecule has 0 bridgehead atoms. The van der Waals surface area contributed by atoms with E-state index in [-0.39, 0.29) is 21.5 Å². The van der Waals surface area contributed by atoms with Crippen LogP contribution in [-0.4, -0.2) is 41.7 Å². The predicted molar refractivity (Wildman–Crippen MR) is 129 cm³/mol. The normalized spacial score (nSPS) is 12.1. The van der Waals surface area contributed by atoms with E-state index in [1.807, 2.05) is 35.8 Å². The van der Waals surface area contributed by atoms with Crippen LogP contribution < -0.4 is 5.32 Å². The Morgan fingerprint density at radius 2 is 1.97 bits per heavy atom. The number of amides is 1. The number of para-hydroxylation sites is 1. The van der Waals surface area contributed by atoms with E-state index in [0.717, 1.165) is 22.2 Å². The maximum atomic E-state index is 12.9. The van der Waals surface area contributed by atoms with Crippen LogP contribution in [0.2, 0.25) is 5.02 Å². The Hall–Kier alpha value is -2.72. The smallest absolute Gasteiger partial charge is 0.259 e. The van der Waals surface area contributed by atoms with Crippen molar-refractivity contribution in [3.05, 3.63) is 64.6 Å². The fourth-order valence-electron chi connectivity index (χ4n) is 3.19. The standard InChI is InChI=1S/C22H21ClN4O3S2/c1-13(2)27(3)32(29,30)14-8-9-18(23)16(10-14)21(28)26-22-25-20(12-31-22)17-11-24-19-7-5-4-6-15(17)19/h4-13,24H,1-3H3,(H,25,26,28). The number of halogens is 1. The molecule has 0 aliphatic rings. The number of sulfonamides is 1. The largest absolute Gasteiger partial charge is 0.360 e. The molecule has 10 heteroatoms. The predicted octanol–water partition coefficient (Wildman–Crippen LogP) is 5.23. The summed E-state index contributed by atoms with van der Waals surface area (Å²) in [6.07, 6.45) is 1.88. The summed E-state index contributed by atoms with van der Waals surface area (Å²) in [6.45, 7) is 3.55. The molecule has 0 aliphatic heterocycles. The number of thiazole rings is 1. The van der Waals surface area contributed by atoms with Crippen LogP contribution in [0.5, 0.6) is 0 Å². The summed E-state index contributed by atoms with van der Waals surface area (Å²) in [5.41, 5.74) is 2.72. The summed E-state index contributed by atoms with van der Waals surface area (Å²) in [7, 11) is -2.26. The molecule has 0 aliphatic carbocycles. The van der Waals surface area contributed by atoms with Gasteiger partial charge in [0.15, 0.2) is 5.13 Å². The van der Waals surface area contributed by atoms with Gasteiger partial charge in [0, 0.05) is 41.1 Å². The number of rotatable bonds is 6. The van der Waals surface area contributed by atoms with Crippen LogP contribution in [0.25, 0.3) is 22.2 Å². The first-order valence-corrected chi connectivity index (χ1v) is 12.5. The van der Waals surface area contributed by atoms with Crippen molar-refractivity contribution in [1.29, 1.82) is 0 Å². The third-order valence-corrected chi connectivity index (χ3v) is 8.29. The molecule has 32 heavy (non-hydrogen) atoms. The first kappa shape index (κ1) is 22.5. The highest BCUT2D eigenvalue weighted by Gasteiger charge is 2.25. The molecular weight excluding hydrogens is 468 g/mol. The lowest BCUT2D eigenvalue weighted by atomic mass is 10.1. The van der Waals surface area contributed by atoms with Gasteiger partial charge in [0.2, 0.25) is 10.0 Å². The monoisotopic (exact) mass is 488 g/mol. The molecular formula is C22H21ClN4O3S2. The second-order valence-electron chi connectivity index (χ2n) is 7.50. The van der Waals surface area contributed by atoms with Gasteiger partial charge in [-0.15, -0.1) is 11.3 Å². The Labute approximate surface area is 195 Å². The zero-order valence-corrected chi connectivity index (χ0v) is 20.0. The van der Waals surface area contributed by atoms with Gasteiger partial charge >= 0.3 is 0 Å². The number of H-pyrrole nitrogens is 1. The van der Waals surface area contributed by atoms with E-state index in [0.29, 0.717) is 5.13 Å². The van der Waals surface area contributed by atoms with Gasteiger partial charge in [-0.3, -0.25) is 10.1 Å². The van der Waals surface area contributed by atoms with E-state index in [9.17, 15) is 13.2 Å². The minimum absolute atomic E-state index is 0.00173. The molecule has 0 spiro atoms. The summed E-state index contributed by atoms with van der Waals surface area (Å²) in [6, 6.07) is 11.8. The third kappa shape index (κ3) is 4.16. The highest BCUT2D eigenvalue weighted by atomic mass is 35.5. The molecule has 0 atom stereocenters. The summed E-state index contributed by atoms with van der Waals surface area (Å²) in [5, 5.41) is 6.15. The lowest BCUT2D eigenvalue weighted by molar-refractivity contribution is 0.102. The number of aromatic amines is 1. The maximum Gasteiger partial charge on any atom is 0.259 e. The van der Waals surface area contributed by atoms with Crippen LogP contribution in [0.3, 0.4) is 0 Å². The average molecular weight is 489 g/mol. The molecule has 1 amide bonds. The van der Waals surface area contributed by atoms with Gasteiger partial charge in [-0.05, 0) is 38.1 Å². The first-order chi connectivity index (χ1) is 15.2. The molecule has 0 saturated carbocycles. The Morgan fingerprint density at radius 1 is 1.22 bits per heavy atom. The molecule has 0 saturated heterocycles. The van der Waals surface area contributed by atoms with Crippen LogP contribution in [0, 0.1) is 0 Å². The number of hydrogen-bond acceptors (Lipinski definition) is 5. The fourth-order valence-corrected chi connectivity index (χ4v) is 5.49. The average Bonchev–Trinajstić information content (AvgIpc) is 3.39. The zero-order valence-electron chi connectivity index (χ0n) is 17.6. The molecule has 2 aromatic carbocycles. The lowest BCUT2D eigenvalue weighted by Crippen LogP contribution is -2.33. The number of carbonyl (C=O) groups excluding carboxylic acids is 1. The lowest BCUT2D eigenvalue weighted by Gasteiger charge is -2.21. The highest BCUT2D eigenvalue weighted by molar-refractivity contribution is 7.89. The van der Waals surface area contributed by atoms with Crippen LogP contribution >= 0.6 is 22.9 Å². The van der Waals surface area contributed by atoms with Crippen molar-refractivity contribution in [2.75, 3.05) is 12.4 Å². The molecule has 166 valence electrons. The van der Waals surface area contributed by atoms with Crippen molar-refractivity contribution in [2.45, 2.75) is 24.8 Å². The summed E-state index contributed by atoms with van der Waals surface area (Å²) in [4.78, 5) is 20.6. The van der Waals surface area contributed by atoms with E-state index < -0.39 is 15.9 Å². The van der Waals surface area contributed by atoms with Crippen molar-refractivity contribution in [3.63, 3.8) is 0 Å². The Bertz CT molecular complexity index is 1410. The highest BCUT2D eigenvalue weighted by Crippen LogP contribution is 2.31. The van der Waals surface area contributed by atoms with E-state index in [1.165, 1.54) is 40.9 Å². The number of nitrogens with zero attached hydrogens (tertiary/aromatic N) is 2. The SMILES string of the molecule is CC(C)N(C)S(=O)(=O)c1ccc(Cl)c(C(=O)Nc2nc(-c3c[nH]c4ccccc34)cs2)c1. The number of nitrogens with one attached hydrogen (secondary N) is 2. The van der Waals surface area contributed by atoms with Gasteiger partial charge in [-0.25, -0.2) is 13.4 Å². The molecule has 0 fully saturated rings. The second-order valence-corrected chi connectivity index (χ2v) is 10.8. The maximum absolute atomic E-state index is 12.9. The van der Waals surface area contributed by atoms with E-state index in [4.69, 9.17) is 11.6 Å². The van der Waals surface area contributed by atoms with Crippen LogP contribution in [0.1, 0.15) is 24.2 Å². The quantitative estimate of drug-likeness (QED) is 0.388. The van der Waals surface area contributed by atoms with Crippen molar-refractivity contribution < 1.29 is 13.2 Å². The molecule has 0 unspecified atom stereocenters. The van der Waals surface area contributed by atoms with Gasteiger partial charge in [0.25, 0.3) is 5.91 Å². The molecule has 4 aromatic rings. The Kier molecular flexibility index (Phi) is 6.09. The minimum atomic E-state index is -3.75. The van der Waals surface area contributed by atoms with Crippen LogP contribution in [-0.2, 0) is 10.0 Å². The number of benzene rings is 2. The van der Waals surface area contributed by atoms with Gasteiger partial charge in [-0.2, -0.15) is 4.31 Å². The summed E-state index contributed by atoms with van der Waals surface area (Å²) >= 11 is 7.49. The molecule has 2 aromatic heterocycles. The van der Waals surface area contributed by atoms with Gasteiger partial charge in [0.05, 0.1) is 21.2 Å². The molecule has 2 heterocycles. The number of aromatic nitrogens is 2. The van der Waals surface area contributed by atoms with Gasteiger partial charge in [0.1, 0.15) is 0 Å². The molecule has 7 nitrogen and oxygen atoms in total. The third-order valence-electron chi connectivity index (χ3n) is 5.18. The van der Waals surface area contributed by atoms with Crippen molar-refractivity contribution in [1.82, 2.24) is 14.3 Å². The van der Waals surface area contributed by atoms with E-state index >= 15 is 0 Å². The topological polar surface area (TPSA) is 95.2 Å². The number of fused-ring (bicyclic) bond motifs is 1. The van der Waals surface area contributed by atoms with Crippen LogP contribution in [0.4, 0.5) is 5.13 Å². The zero-order chi connectivity index (χ0) is 23.0. The number of anilines is 1. The molecule has 4 rings (SSSR count). The number of carbonyl (C=O) groups is 1. The minimum Gasteiger partial charge on any atom is -0.360 e. The van der Waals surface area contributed by atoms with Crippen molar-refractivity contribution >= 4 is 54.9 Å². The molecule has 0 radical (unpaired) electrons. The summed E-state index contributed by atoms with van der Waals surface area (Å²) < 4.78 is 26.8. The van der Waals surface area contributed by atoms with Gasteiger partial charge in [-0.1, -0.05) is 29.8 Å². The van der Waals surface area contributed by atoms with Crippen LogP contribution in [0.15, 0.2) is 58.9 Å². The Morgan fingerprint density at radius 3 is 2.72 bits per heavy atom. The van der Waals surface area contributed by atoms with Crippen molar-refractivity contribution in [3.8, 4) is 11.3 Å². The Balaban J connectivity index is 1.60. The van der Waals surface area contributed by atoms with E-state index in [2.05, 4.69) is 15.3 Å². The number of hydrogen-bond donors (Lipinski definition) is 2. The summed E-state index contributed by atoms with van der Waals surface area (Å²) in [5.74, 6) is -0.529.